The van der Waals surface area contributed by atoms with Gasteiger partial charge in [-0.15, -0.1) is 0 Å². The summed E-state index contributed by atoms with van der Waals surface area (Å²) in [7, 11) is 2.02. The van der Waals surface area contributed by atoms with Crippen LogP contribution in [0.5, 0.6) is 5.75 Å². The predicted octanol–water partition coefficient (Wildman–Crippen LogP) is 1.71. The number of morpholine rings is 1. The Morgan fingerprint density at radius 2 is 2.15 bits per heavy atom. The molecule has 0 amide bonds. The monoisotopic (exact) mass is 286 g/mol. The third-order valence-corrected chi connectivity index (χ3v) is 3.12. The molecule has 112 valence electrons. The Labute approximate surface area is 117 Å². The third kappa shape index (κ3) is 5.03. The standard InChI is InChI=1S/C14H20F2N2O2/c1-18(10-13-8-17-6-7-19-13)9-11-2-4-12(5-3-11)20-14(15)16/h2-5,13-14,17H,6-10H2,1H3. The molecule has 1 aliphatic heterocycles. The van der Waals surface area contributed by atoms with Gasteiger partial charge in [-0.1, -0.05) is 12.1 Å². The highest BCUT2D eigenvalue weighted by Gasteiger charge is 2.15. The Bertz CT molecular complexity index is 395. The summed E-state index contributed by atoms with van der Waals surface area (Å²) in [6, 6.07) is 6.73. The van der Waals surface area contributed by atoms with Crippen LogP contribution in [0.15, 0.2) is 24.3 Å². The molecule has 1 aromatic rings. The summed E-state index contributed by atoms with van der Waals surface area (Å²) in [6.07, 6.45) is 0.204. The van der Waals surface area contributed by atoms with Gasteiger partial charge in [0.1, 0.15) is 5.75 Å². The first kappa shape index (κ1) is 15.2. The van der Waals surface area contributed by atoms with E-state index in [1.165, 1.54) is 0 Å². The Morgan fingerprint density at radius 3 is 2.75 bits per heavy atom. The fraction of sp³-hybridized carbons (Fsp3) is 0.571. The van der Waals surface area contributed by atoms with E-state index in [0.717, 1.165) is 38.3 Å². The molecule has 4 nitrogen and oxygen atoms in total. The van der Waals surface area contributed by atoms with Crippen molar-refractivity contribution < 1.29 is 18.3 Å². The minimum absolute atomic E-state index is 0.186. The van der Waals surface area contributed by atoms with Gasteiger partial charge in [0.05, 0.1) is 12.7 Å². The highest BCUT2D eigenvalue weighted by atomic mass is 19.3. The average Bonchev–Trinajstić information content (AvgIpc) is 2.41. The maximum atomic E-state index is 12.0. The van der Waals surface area contributed by atoms with Crippen LogP contribution >= 0.6 is 0 Å². The Balaban J connectivity index is 1.79. The van der Waals surface area contributed by atoms with Gasteiger partial charge in [0, 0.05) is 26.2 Å². The second-order valence-electron chi connectivity index (χ2n) is 4.92. The number of alkyl halides is 2. The molecule has 0 radical (unpaired) electrons. The lowest BCUT2D eigenvalue weighted by Gasteiger charge is -2.28. The number of nitrogens with one attached hydrogen (secondary N) is 1. The Kier molecular flexibility index (Phi) is 5.70. The number of hydrogen-bond donors (Lipinski definition) is 1. The molecule has 0 aliphatic carbocycles. The SMILES string of the molecule is CN(Cc1ccc(OC(F)F)cc1)CC1CNCCO1. The molecule has 20 heavy (non-hydrogen) atoms. The van der Waals surface area contributed by atoms with Crippen molar-refractivity contribution in [3.63, 3.8) is 0 Å². The zero-order chi connectivity index (χ0) is 14.4. The third-order valence-electron chi connectivity index (χ3n) is 3.12. The van der Waals surface area contributed by atoms with E-state index in [2.05, 4.69) is 15.0 Å². The van der Waals surface area contributed by atoms with Crippen molar-refractivity contribution in [2.24, 2.45) is 0 Å². The molecule has 1 fully saturated rings. The molecular formula is C14H20F2N2O2. The summed E-state index contributed by atoms with van der Waals surface area (Å²) in [4.78, 5) is 2.15. The van der Waals surface area contributed by atoms with E-state index in [4.69, 9.17) is 4.74 Å². The van der Waals surface area contributed by atoms with E-state index in [1.54, 1.807) is 24.3 Å². The highest BCUT2D eigenvalue weighted by molar-refractivity contribution is 5.27. The molecule has 1 aliphatic rings. The Morgan fingerprint density at radius 1 is 1.40 bits per heavy atom. The van der Waals surface area contributed by atoms with Crippen LogP contribution in [0.2, 0.25) is 0 Å². The number of halogens is 2. The first-order valence-corrected chi connectivity index (χ1v) is 6.68. The first-order chi connectivity index (χ1) is 9.63. The molecule has 0 spiro atoms. The molecule has 1 saturated heterocycles. The zero-order valence-electron chi connectivity index (χ0n) is 11.5. The van der Waals surface area contributed by atoms with Crippen LogP contribution in [0.4, 0.5) is 8.78 Å². The van der Waals surface area contributed by atoms with Crippen LogP contribution in [0.3, 0.4) is 0 Å². The van der Waals surface area contributed by atoms with Gasteiger partial charge in [-0.2, -0.15) is 8.78 Å². The number of benzene rings is 1. The number of nitrogens with zero attached hydrogens (tertiary/aromatic N) is 1. The number of rotatable bonds is 6. The van der Waals surface area contributed by atoms with Crippen molar-refractivity contribution in [3.8, 4) is 5.75 Å². The van der Waals surface area contributed by atoms with Gasteiger partial charge >= 0.3 is 6.61 Å². The molecule has 1 unspecified atom stereocenters. The number of hydrogen-bond acceptors (Lipinski definition) is 4. The second-order valence-corrected chi connectivity index (χ2v) is 4.92. The largest absolute Gasteiger partial charge is 0.435 e. The predicted molar refractivity (Wildman–Crippen MR) is 72.0 cm³/mol. The van der Waals surface area contributed by atoms with E-state index < -0.39 is 6.61 Å². The number of ether oxygens (including phenoxy) is 2. The van der Waals surface area contributed by atoms with Crippen LogP contribution in [-0.2, 0) is 11.3 Å². The normalized spacial score (nSPS) is 19.6. The summed E-state index contributed by atoms with van der Waals surface area (Å²) >= 11 is 0. The molecular weight excluding hydrogens is 266 g/mol. The van der Waals surface area contributed by atoms with Gasteiger partial charge < -0.3 is 14.8 Å². The minimum atomic E-state index is -2.78. The quantitative estimate of drug-likeness (QED) is 0.863. The highest BCUT2D eigenvalue weighted by Crippen LogP contribution is 2.16. The van der Waals surface area contributed by atoms with Gasteiger partial charge in [0.15, 0.2) is 0 Å². The zero-order valence-corrected chi connectivity index (χ0v) is 11.5. The van der Waals surface area contributed by atoms with Crippen LogP contribution in [0, 0.1) is 0 Å². The summed E-state index contributed by atoms with van der Waals surface area (Å²) in [5, 5.41) is 3.29. The lowest BCUT2D eigenvalue weighted by molar-refractivity contribution is -0.0498. The van der Waals surface area contributed by atoms with Crippen LogP contribution in [0.1, 0.15) is 5.56 Å². The smallest absolute Gasteiger partial charge is 0.387 e. The molecule has 1 N–H and O–H groups in total. The molecule has 0 aromatic heterocycles. The fourth-order valence-corrected chi connectivity index (χ4v) is 2.24. The van der Waals surface area contributed by atoms with Crippen molar-refractivity contribution in [1.82, 2.24) is 10.2 Å². The van der Waals surface area contributed by atoms with Gasteiger partial charge in [0.25, 0.3) is 0 Å². The molecule has 0 saturated carbocycles. The van der Waals surface area contributed by atoms with E-state index in [9.17, 15) is 8.78 Å². The van der Waals surface area contributed by atoms with E-state index in [-0.39, 0.29) is 11.9 Å². The van der Waals surface area contributed by atoms with Gasteiger partial charge in [0.2, 0.25) is 0 Å². The Hall–Kier alpha value is -1.24. The van der Waals surface area contributed by atoms with Crippen LogP contribution < -0.4 is 10.1 Å². The summed E-state index contributed by atoms with van der Waals surface area (Å²) in [5.74, 6) is 0.186. The maximum Gasteiger partial charge on any atom is 0.387 e. The summed E-state index contributed by atoms with van der Waals surface area (Å²) in [5.41, 5.74) is 1.05. The summed E-state index contributed by atoms with van der Waals surface area (Å²) in [6.45, 7) is 1.33. The van der Waals surface area contributed by atoms with Crippen molar-refractivity contribution >= 4 is 0 Å². The van der Waals surface area contributed by atoms with Crippen molar-refractivity contribution in [3.05, 3.63) is 29.8 Å². The lowest BCUT2D eigenvalue weighted by Crippen LogP contribution is -2.44. The van der Waals surface area contributed by atoms with Gasteiger partial charge in [-0.3, -0.25) is 4.90 Å². The molecule has 2 rings (SSSR count). The fourth-order valence-electron chi connectivity index (χ4n) is 2.24. The van der Waals surface area contributed by atoms with Crippen molar-refractivity contribution in [2.75, 3.05) is 33.3 Å². The minimum Gasteiger partial charge on any atom is -0.435 e. The average molecular weight is 286 g/mol. The van der Waals surface area contributed by atoms with Gasteiger partial charge in [-0.25, -0.2) is 0 Å². The molecule has 1 aromatic carbocycles. The van der Waals surface area contributed by atoms with Crippen LogP contribution in [-0.4, -0.2) is 50.9 Å². The summed E-state index contributed by atoms with van der Waals surface area (Å²) < 4.78 is 34.0. The topological polar surface area (TPSA) is 33.7 Å². The van der Waals surface area contributed by atoms with Gasteiger partial charge in [-0.05, 0) is 24.7 Å². The molecule has 1 heterocycles. The van der Waals surface area contributed by atoms with E-state index in [1.807, 2.05) is 7.05 Å². The second kappa shape index (κ2) is 7.52. The van der Waals surface area contributed by atoms with Crippen molar-refractivity contribution in [2.45, 2.75) is 19.3 Å². The first-order valence-electron chi connectivity index (χ1n) is 6.68. The molecule has 1 atom stereocenters. The van der Waals surface area contributed by atoms with E-state index >= 15 is 0 Å². The van der Waals surface area contributed by atoms with E-state index in [0.29, 0.717) is 0 Å². The molecule has 0 bridgehead atoms. The maximum absolute atomic E-state index is 12.0. The lowest BCUT2D eigenvalue weighted by atomic mass is 10.2. The van der Waals surface area contributed by atoms with Crippen molar-refractivity contribution in [1.29, 1.82) is 0 Å². The number of likely N-dealkylation sites (N-methyl/N-ethyl adjacent to an activating group) is 1. The van der Waals surface area contributed by atoms with Crippen LogP contribution in [0.25, 0.3) is 0 Å². The molecule has 6 heteroatoms.